The van der Waals surface area contributed by atoms with Crippen LogP contribution in [0.2, 0.25) is 0 Å². The number of ether oxygens (including phenoxy) is 2. The number of esters is 2. The number of benzene rings is 1. The van der Waals surface area contributed by atoms with Crippen LogP contribution in [-0.2, 0) is 9.47 Å². The van der Waals surface area contributed by atoms with Crippen molar-refractivity contribution in [2.45, 2.75) is 20.8 Å². The van der Waals surface area contributed by atoms with Crippen LogP contribution >= 0.6 is 12.2 Å². The Bertz CT molecular complexity index is 560. The summed E-state index contributed by atoms with van der Waals surface area (Å²) in [5.41, 5.74) is 1.03. The van der Waals surface area contributed by atoms with Crippen molar-refractivity contribution in [2.75, 3.05) is 25.1 Å². The van der Waals surface area contributed by atoms with E-state index in [0.717, 1.165) is 0 Å². The average Bonchev–Trinajstić information content (AvgIpc) is 2.47. The summed E-state index contributed by atoms with van der Waals surface area (Å²) in [6.45, 7) is 6.52. The van der Waals surface area contributed by atoms with E-state index in [2.05, 4.69) is 10.6 Å². The normalized spacial score (nSPS) is 9.77. The summed E-state index contributed by atoms with van der Waals surface area (Å²) in [5.74, 6) is -0.949. The zero-order valence-electron chi connectivity index (χ0n) is 12.9. The molecule has 2 N–H and O–H groups in total. The second-order valence-electron chi connectivity index (χ2n) is 4.19. The molecule has 120 valence electrons. The zero-order valence-corrected chi connectivity index (χ0v) is 13.7. The first-order valence-corrected chi connectivity index (χ1v) is 7.47. The lowest BCUT2D eigenvalue weighted by Crippen LogP contribution is -2.29. The minimum absolute atomic E-state index is 0.259. The fourth-order valence-electron chi connectivity index (χ4n) is 1.70. The molecule has 0 heterocycles. The summed E-state index contributed by atoms with van der Waals surface area (Å²) < 4.78 is 9.95. The van der Waals surface area contributed by atoms with E-state index in [1.54, 1.807) is 13.8 Å². The van der Waals surface area contributed by atoms with Gasteiger partial charge in [0.1, 0.15) is 0 Å². The van der Waals surface area contributed by atoms with Gasteiger partial charge in [0.15, 0.2) is 5.11 Å². The minimum Gasteiger partial charge on any atom is -0.462 e. The van der Waals surface area contributed by atoms with Gasteiger partial charge < -0.3 is 20.1 Å². The summed E-state index contributed by atoms with van der Waals surface area (Å²) in [5, 5.41) is 6.17. The number of nitrogens with one attached hydrogen (secondary N) is 2. The average molecular weight is 324 g/mol. The van der Waals surface area contributed by atoms with Crippen molar-refractivity contribution in [3.63, 3.8) is 0 Å². The third kappa shape index (κ3) is 5.00. The monoisotopic (exact) mass is 324 g/mol. The number of anilines is 1. The lowest BCUT2D eigenvalue weighted by atomic mass is 10.1. The van der Waals surface area contributed by atoms with Gasteiger partial charge in [0.05, 0.1) is 30.0 Å². The van der Waals surface area contributed by atoms with Crippen molar-refractivity contribution in [2.24, 2.45) is 0 Å². The lowest BCUT2D eigenvalue weighted by Gasteiger charge is -2.14. The van der Waals surface area contributed by atoms with Gasteiger partial charge in [-0.1, -0.05) is 0 Å². The fourth-order valence-corrected chi connectivity index (χ4v) is 1.96. The number of hydrogen-bond acceptors (Lipinski definition) is 5. The minimum atomic E-state index is -0.486. The van der Waals surface area contributed by atoms with Crippen LogP contribution in [0.4, 0.5) is 5.69 Å². The standard InChI is InChI=1S/C15H20N2O4S/c1-4-16-15(22)17-12-9-10(13(18)20-5-2)7-8-11(12)14(19)21-6-3/h7-9H,4-6H2,1-3H3,(H2,16,17,22). The van der Waals surface area contributed by atoms with E-state index in [4.69, 9.17) is 21.7 Å². The highest BCUT2D eigenvalue weighted by molar-refractivity contribution is 7.80. The Balaban J connectivity index is 3.12. The van der Waals surface area contributed by atoms with Crippen LogP contribution in [0.1, 0.15) is 41.5 Å². The van der Waals surface area contributed by atoms with E-state index >= 15 is 0 Å². The molecular weight excluding hydrogens is 304 g/mol. The SMILES string of the molecule is CCNC(=S)Nc1cc(C(=O)OCC)ccc1C(=O)OCC. The third-order valence-corrected chi connectivity index (χ3v) is 2.86. The Kier molecular flexibility index (Phi) is 7.31. The molecule has 1 rings (SSSR count). The molecule has 0 bridgehead atoms. The number of carbonyl (C=O) groups excluding carboxylic acids is 2. The molecule has 0 unspecified atom stereocenters. The molecule has 0 saturated carbocycles. The molecule has 0 saturated heterocycles. The highest BCUT2D eigenvalue weighted by Gasteiger charge is 2.17. The van der Waals surface area contributed by atoms with E-state index in [1.165, 1.54) is 18.2 Å². The zero-order chi connectivity index (χ0) is 16.5. The van der Waals surface area contributed by atoms with Crippen LogP contribution < -0.4 is 10.6 Å². The van der Waals surface area contributed by atoms with Crippen LogP contribution in [0.15, 0.2) is 18.2 Å². The molecule has 0 atom stereocenters. The number of hydrogen-bond donors (Lipinski definition) is 2. The molecule has 0 radical (unpaired) electrons. The van der Waals surface area contributed by atoms with Crippen LogP contribution in [0.3, 0.4) is 0 Å². The molecule has 0 aromatic heterocycles. The van der Waals surface area contributed by atoms with E-state index in [0.29, 0.717) is 28.5 Å². The van der Waals surface area contributed by atoms with Crippen molar-refractivity contribution in [3.8, 4) is 0 Å². The summed E-state index contributed by atoms with van der Waals surface area (Å²) >= 11 is 5.12. The van der Waals surface area contributed by atoms with Gasteiger partial charge in [0.2, 0.25) is 0 Å². The van der Waals surface area contributed by atoms with Gasteiger partial charge in [-0.05, 0) is 51.2 Å². The van der Waals surface area contributed by atoms with E-state index in [-0.39, 0.29) is 13.2 Å². The molecule has 0 fully saturated rings. The van der Waals surface area contributed by atoms with Crippen LogP contribution in [0.5, 0.6) is 0 Å². The molecule has 0 amide bonds. The van der Waals surface area contributed by atoms with Crippen molar-refractivity contribution in [1.82, 2.24) is 5.32 Å². The van der Waals surface area contributed by atoms with Gasteiger partial charge in [-0.15, -0.1) is 0 Å². The Morgan fingerprint density at radius 3 is 2.32 bits per heavy atom. The van der Waals surface area contributed by atoms with Crippen molar-refractivity contribution < 1.29 is 19.1 Å². The second kappa shape index (κ2) is 8.99. The van der Waals surface area contributed by atoms with Crippen LogP contribution in [0, 0.1) is 0 Å². The summed E-state index contributed by atoms with van der Waals surface area (Å²) in [7, 11) is 0. The Labute approximate surface area is 135 Å². The number of rotatable bonds is 6. The van der Waals surface area contributed by atoms with Crippen LogP contribution in [0.25, 0.3) is 0 Å². The van der Waals surface area contributed by atoms with Gasteiger partial charge in [0, 0.05) is 6.54 Å². The number of carbonyl (C=O) groups is 2. The van der Waals surface area contributed by atoms with Gasteiger partial charge in [0.25, 0.3) is 0 Å². The molecule has 1 aromatic rings. The molecule has 0 aliphatic heterocycles. The summed E-state index contributed by atoms with van der Waals surface area (Å²) in [6, 6.07) is 4.56. The van der Waals surface area contributed by atoms with Crippen LogP contribution in [-0.4, -0.2) is 36.8 Å². The van der Waals surface area contributed by atoms with Crippen molar-refractivity contribution >= 4 is 35.0 Å². The largest absolute Gasteiger partial charge is 0.462 e. The third-order valence-electron chi connectivity index (χ3n) is 2.61. The predicted molar refractivity (Wildman–Crippen MR) is 88.3 cm³/mol. The van der Waals surface area contributed by atoms with E-state index in [9.17, 15) is 9.59 Å². The molecule has 0 aliphatic rings. The smallest absolute Gasteiger partial charge is 0.340 e. The maximum absolute atomic E-state index is 12.0. The first-order chi connectivity index (χ1) is 10.5. The quantitative estimate of drug-likeness (QED) is 0.614. The molecule has 0 aliphatic carbocycles. The van der Waals surface area contributed by atoms with E-state index in [1.807, 2.05) is 6.92 Å². The van der Waals surface area contributed by atoms with Crippen molar-refractivity contribution in [1.29, 1.82) is 0 Å². The highest BCUT2D eigenvalue weighted by Crippen LogP contribution is 2.20. The second-order valence-corrected chi connectivity index (χ2v) is 4.59. The van der Waals surface area contributed by atoms with E-state index < -0.39 is 11.9 Å². The first kappa shape index (κ1) is 17.9. The summed E-state index contributed by atoms with van der Waals surface area (Å²) in [6.07, 6.45) is 0. The number of thiocarbonyl (C=S) groups is 1. The summed E-state index contributed by atoms with van der Waals surface area (Å²) in [4.78, 5) is 23.8. The molecule has 1 aromatic carbocycles. The van der Waals surface area contributed by atoms with Crippen molar-refractivity contribution in [3.05, 3.63) is 29.3 Å². The molecule has 6 nitrogen and oxygen atoms in total. The van der Waals surface area contributed by atoms with Gasteiger partial charge in [-0.3, -0.25) is 0 Å². The van der Waals surface area contributed by atoms with Gasteiger partial charge in [-0.2, -0.15) is 0 Å². The fraction of sp³-hybridized carbons (Fsp3) is 0.400. The molecule has 22 heavy (non-hydrogen) atoms. The Morgan fingerprint density at radius 2 is 1.73 bits per heavy atom. The lowest BCUT2D eigenvalue weighted by molar-refractivity contribution is 0.0512. The first-order valence-electron chi connectivity index (χ1n) is 7.06. The predicted octanol–water partition coefficient (Wildman–Crippen LogP) is 2.35. The maximum atomic E-state index is 12.0. The molecule has 7 heteroatoms. The topological polar surface area (TPSA) is 76.7 Å². The Morgan fingerprint density at radius 1 is 1.09 bits per heavy atom. The highest BCUT2D eigenvalue weighted by atomic mass is 32.1. The molecule has 0 spiro atoms. The van der Waals surface area contributed by atoms with Gasteiger partial charge in [-0.25, -0.2) is 9.59 Å². The molecular formula is C15H20N2O4S. The Hall–Kier alpha value is -2.15. The van der Waals surface area contributed by atoms with Gasteiger partial charge >= 0.3 is 11.9 Å². The maximum Gasteiger partial charge on any atom is 0.340 e.